The number of hydrogen-bond donors (Lipinski definition) is 7. The number of aliphatic hydroxyl groups is 1. The minimum absolute atomic E-state index is 0.246. The van der Waals surface area contributed by atoms with Crippen LogP contribution in [-0.4, -0.2) is 81.2 Å². The Hall–Kier alpha value is -2.64. The number of hydrogen-bond acceptors (Lipinski definition) is 9. The predicted octanol–water partition coefficient (Wildman–Crippen LogP) is 1.41. The Morgan fingerprint density at radius 1 is 0.844 bits per heavy atom. The molecule has 0 aliphatic heterocycles. The molecule has 32 heavy (non-hydrogen) atoms. The van der Waals surface area contributed by atoms with Crippen molar-refractivity contribution in [1.82, 2.24) is 0 Å². The van der Waals surface area contributed by atoms with E-state index in [2.05, 4.69) is 25.5 Å². The molecule has 4 unspecified atom stereocenters. The van der Waals surface area contributed by atoms with Gasteiger partial charge in [-0.3, -0.25) is 9.59 Å². The molecule has 190 valence electrons. The van der Waals surface area contributed by atoms with Crippen molar-refractivity contribution in [2.45, 2.75) is 71.6 Å². The van der Waals surface area contributed by atoms with Gasteiger partial charge in [0.05, 0.1) is 6.61 Å². The molecule has 0 aliphatic rings. The number of aliphatic carboxylic acids is 2. The van der Waals surface area contributed by atoms with Crippen LogP contribution in [0.4, 0.5) is 9.59 Å². The van der Waals surface area contributed by atoms with E-state index in [0.717, 1.165) is 19.3 Å². The average Bonchev–Trinajstić information content (AvgIpc) is 2.64. The standard InChI is InChI=1S/C15H29NO5.C3H7NO3.CH2O3/c1-10(2)8-11(3)6-5-7-12(4)21-15(19)20-9-13(16)14(17)18;4-2(1-5)3(6)7;2-1(3)4/h10-13H,5-9,16H2,1-4H3,(H,17,18);2,5H,1,4H2,(H,6,7);(H2,2,3,4). The number of rotatable bonds is 12. The second-order valence-electron chi connectivity index (χ2n) is 7.51. The lowest BCUT2D eigenvalue weighted by atomic mass is 9.93. The molecule has 0 aromatic carbocycles. The van der Waals surface area contributed by atoms with Crippen LogP contribution < -0.4 is 11.5 Å². The lowest BCUT2D eigenvalue weighted by Crippen LogP contribution is -2.36. The van der Waals surface area contributed by atoms with Crippen molar-refractivity contribution in [2.75, 3.05) is 13.2 Å². The summed E-state index contributed by atoms with van der Waals surface area (Å²) < 4.78 is 9.68. The lowest BCUT2D eigenvalue weighted by Gasteiger charge is -2.16. The second kappa shape index (κ2) is 20.3. The average molecular weight is 471 g/mol. The summed E-state index contributed by atoms with van der Waals surface area (Å²) in [7, 11) is 0. The van der Waals surface area contributed by atoms with Gasteiger partial charge in [0, 0.05) is 0 Å². The summed E-state index contributed by atoms with van der Waals surface area (Å²) in [5, 5.41) is 38.4. The third kappa shape index (κ3) is 27.4. The highest BCUT2D eigenvalue weighted by Crippen LogP contribution is 2.18. The molecule has 0 amide bonds. The highest BCUT2D eigenvalue weighted by molar-refractivity contribution is 5.73. The fraction of sp³-hybridized carbons (Fsp3) is 0.789. The number of carbonyl (C=O) groups excluding carboxylic acids is 1. The van der Waals surface area contributed by atoms with E-state index in [0.29, 0.717) is 11.8 Å². The van der Waals surface area contributed by atoms with Crippen LogP contribution in [0.2, 0.25) is 0 Å². The molecule has 0 rings (SSSR count). The minimum atomic E-state index is -1.83. The fourth-order valence-corrected chi connectivity index (χ4v) is 2.24. The molecule has 0 saturated carbocycles. The maximum absolute atomic E-state index is 11.3. The van der Waals surface area contributed by atoms with Crippen LogP contribution in [0.5, 0.6) is 0 Å². The van der Waals surface area contributed by atoms with Gasteiger partial charge in [0.25, 0.3) is 0 Å². The van der Waals surface area contributed by atoms with Crippen LogP contribution in [0.1, 0.15) is 53.4 Å². The molecule has 0 bridgehead atoms. The molecule has 0 spiro atoms. The van der Waals surface area contributed by atoms with E-state index in [-0.39, 0.29) is 12.7 Å². The first kappa shape index (κ1) is 34.0. The van der Waals surface area contributed by atoms with Gasteiger partial charge in [0.15, 0.2) is 0 Å². The van der Waals surface area contributed by atoms with Crippen LogP contribution in [0, 0.1) is 11.8 Å². The third-order valence-electron chi connectivity index (χ3n) is 3.69. The molecule has 4 atom stereocenters. The molecule has 0 radical (unpaired) electrons. The van der Waals surface area contributed by atoms with Gasteiger partial charge in [0.2, 0.25) is 0 Å². The summed E-state index contributed by atoms with van der Waals surface area (Å²) in [4.78, 5) is 40.0. The number of nitrogens with two attached hydrogens (primary N) is 2. The Balaban J connectivity index is -0.000000628. The molecular weight excluding hydrogens is 432 g/mol. The molecule has 9 N–H and O–H groups in total. The highest BCUT2D eigenvalue weighted by atomic mass is 16.7. The van der Waals surface area contributed by atoms with E-state index in [4.69, 9.17) is 46.5 Å². The zero-order valence-corrected chi connectivity index (χ0v) is 19.0. The van der Waals surface area contributed by atoms with Crippen molar-refractivity contribution in [3.05, 3.63) is 0 Å². The van der Waals surface area contributed by atoms with Gasteiger partial charge < -0.3 is 46.5 Å². The van der Waals surface area contributed by atoms with Crippen LogP contribution in [0.25, 0.3) is 0 Å². The smallest absolute Gasteiger partial charge is 0.480 e. The van der Waals surface area contributed by atoms with E-state index in [1.807, 2.05) is 0 Å². The first-order valence-electron chi connectivity index (χ1n) is 9.96. The molecule has 0 saturated heterocycles. The summed E-state index contributed by atoms with van der Waals surface area (Å²) in [6, 6.07) is -2.34. The minimum Gasteiger partial charge on any atom is -0.480 e. The summed E-state index contributed by atoms with van der Waals surface area (Å²) in [6.07, 6.45) is 1.11. The van der Waals surface area contributed by atoms with Crippen molar-refractivity contribution < 1.29 is 54.2 Å². The maximum atomic E-state index is 11.3. The molecular formula is C19H38N2O11. The van der Waals surface area contributed by atoms with Crippen LogP contribution >= 0.6 is 0 Å². The maximum Gasteiger partial charge on any atom is 0.508 e. The Kier molecular flexibility index (Phi) is 21.5. The molecule has 0 aromatic rings. The zero-order valence-electron chi connectivity index (χ0n) is 19.0. The summed E-state index contributed by atoms with van der Waals surface area (Å²) in [6.45, 7) is 7.56. The molecule has 0 aliphatic carbocycles. The molecule has 0 aromatic heterocycles. The van der Waals surface area contributed by atoms with Crippen molar-refractivity contribution in [1.29, 1.82) is 0 Å². The van der Waals surface area contributed by atoms with E-state index >= 15 is 0 Å². The van der Waals surface area contributed by atoms with Crippen LogP contribution in [0.15, 0.2) is 0 Å². The highest BCUT2D eigenvalue weighted by Gasteiger charge is 2.17. The summed E-state index contributed by atoms with van der Waals surface area (Å²) in [5.41, 5.74) is 9.98. The second-order valence-corrected chi connectivity index (χ2v) is 7.51. The van der Waals surface area contributed by atoms with Crippen molar-refractivity contribution >= 4 is 24.2 Å². The van der Waals surface area contributed by atoms with Gasteiger partial charge in [0.1, 0.15) is 24.8 Å². The van der Waals surface area contributed by atoms with E-state index < -0.39 is 42.9 Å². The van der Waals surface area contributed by atoms with Gasteiger partial charge >= 0.3 is 24.2 Å². The van der Waals surface area contributed by atoms with Gasteiger partial charge in [-0.25, -0.2) is 9.59 Å². The topological polar surface area (TPSA) is 240 Å². The van der Waals surface area contributed by atoms with Gasteiger partial charge in [-0.05, 0) is 38.0 Å². The SMILES string of the molecule is CC(C)CC(C)CCCC(C)OC(=O)OCC(N)C(=O)O.NC(CO)C(=O)O.O=C(O)O. The van der Waals surface area contributed by atoms with Crippen LogP contribution in [-0.2, 0) is 19.1 Å². The molecule has 0 fully saturated rings. The number of carboxylic acids is 2. The van der Waals surface area contributed by atoms with Crippen molar-refractivity contribution in [3.63, 3.8) is 0 Å². The molecule has 13 nitrogen and oxygen atoms in total. The first-order valence-corrected chi connectivity index (χ1v) is 9.96. The predicted molar refractivity (Wildman–Crippen MR) is 113 cm³/mol. The van der Waals surface area contributed by atoms with Crippen LogP contribution in [0.3, 0.4) is 0 Å². The first-order chi connectivity index (χ1) is 14.6. The van der Waals surface area contributed by atoms with Gasteiger partial charge in [-0.1, -0.05) is 27.2 Å². The number of aliphatic hydroxyl groups excluding tert-OH is 1. The molecule has 13 heteroatoms. The summed E-state index contributed by atoms with van der Waals surface area (Å²) >= 11 is 0. The van der Waals surface area contributed by atoms with Crippen molar-refractivity contribution in [2.24, 2.45) is 23.3 Å². The zero-order chi connectivity index (χ0) is 25.9. The van der Waals surface area contributed by atoms with Crippen molar-refractivity contribution in [3.8, 4) is 0 Å². The van der Waals surface area contributed by atoms with E-state index in [9.17, 15) is 14.4 Å². The lowest BCUT2D eigenvalue weighted by molar-refractivity contribution is -0.140. The number of carbonyl (C=O) groups is 4. The third-order valence-corrected chi connectivity index (χ3v) is 3.69. The normalized spacial score (nSPS) is 13.8. The Bertz CT molecular complexity index is 539. The van der Waals surface area contributed by atoms with Gasteiger partial charge in [-0.2, -0.15) is 0 Å². The van der Waals surface area contributed by atoms with E-state index in [1.165, 1.54) is 6.42 Å². The largest absolute Gasteiger partial charge is 0.508 e. The van der Waals surface area contributed by atoms with E-state index in [1.54, 1.807) is 6.92 Å². The Labute approximate surface area is 187 Å². The number of ether oxygens (including phenoxy) is 2. The monoisotopic (exact) mass is 470 g/mol. The summed E-state index contributed by atoms with van der Waals surface area (Å²) in [5.74, 6) is -1.03. The molecule has 0 heterocycles. The quantitative estimate of drug-likeness (QED) is 0.200. The van der Waals surface area contributed by atoms with Gasteiger partial charge in [-0.15, -0.1) is 0 Å². The Morgan fingerprint density at radius 2 is 1.31 bits per heavy atom. The number of carboxylic acid groups (broad SMARTS) is 4. The Morgan fingerprint density at radius 3 is 1.66 bits per heavy atom. The fourth-order valence-electron chi connectivity index (χ4n) is 2.24.